The van der Waals surface area contributed by atoms with Crippen LogP contribution >= 0.6 is 0 Å². The Bertz CT molecular complexity index is 542. The summed E-state index contributed by atoms with van der Waals surface area (Å²) in [5.41, 5.74) is 0.811. The molecule has 0 bridgehead atoms. The minimum atomic E-state index is -3.45. The number of methoxy groups -OCH3 is 1. The lowest BCUT2D eigenvalue weighted by molar-refractivity contribution is 0.310. The normalized spacial score (nSPS) is 11.7. The van der Waals surface area contributed by atoms with E-state index in [1.807, 2.05) is 26.8 Å². The zero-order valence-electron chi connectivity index (χ0n) is 13.0. The average Bonchev–Trinajstić information content (AvgIpc) is 2.47. The summed E-state index contributed by atoms with van der Waals surface area (Å²) < 4.78 is 38.7. The van der Waals surface area contributed by atoms with Gasteiger partial charge in [-0.05, 0) is 24.6 Å². The maximum Gasteiger partial charge on any atom is 0.279 e. The van der Waals surface area contributed by atoms with E-state index in [0.717, 1.165) is 5.56 Å². The summed E-state index contributed by atoms with van der Waals surface area (Å²) in [6.45, 7) is 7.15. The van der Waals surface area contributed by atoms with E-state index in [2.05, 4.69) is 4.72 Å². The third kappa shape index (κ3) is 4.87. The van der Waals surface area contributed by atoms with Crippen LogP contribution in [-0.2, 0) is 16.8 Å². The van der Waals surface area contributed by atoms with Crippen molar-refractivity contribution in [3.8, 4) is 11.5 Å². The summed E-state index contributed by atoms with van der Waals surface area (Å²) in [5.74, 6) is 1.24. The van der Waals surface area contributed by atoms with Gasteiger partial charge in [0.05, 0.1) is 13.7 Å². The first-order chi connectivity index (χ1) is 9.98. The molecule has 21 heavy (non-hydrogen) atoms. The van der Waals surface area contributed by atoms with Crippen LogP contribution in [0.3, 0.4) is 0 Å². The SMILES string of the molecule is CCOc1ccc(CNS(=O)(=O)N(CC)CC)cc1OC. The second kappa shape index (κ2) is 8.21. The van der Waals surface area contributed by atoms with E-state index >= 15 is 0 Å². The Morgan fingerprint density at radius 1 is 1.14 bits per heavy atom. The zero-order valence-corrected chi connectivity index (χ0v) is 13.9. The number of nitrogens with zero attached hydrogens (tertiary/aromatic N) is 1. The van der Waals surface area contributed by atoms with Crippen LogP contribution in [0.4, 0.5) is 0 Å². The third-order valence-electron chi connectivity index (χ3n) is 3.03. The zero-order chi connectivity index (χ0) is 15.9. The molecule has 0 amide bonds. The van der Waals surface area contributed by atoms with E-state index in [0.29, 0.717) is 31.2 Å². The lowest BCUT2D eigenvalue weighted by Crippen LogP contribution is -2.40. The molecule has 120 valence electrons. The molecule has 7 heteroatoms. The summed E-state index contributed by atoms with van der Waals surface area (Å²) in [4.78, 5) is 0. The summed E-state index contributed by atoms with van der Waals surface area (Å²) in [5, 5.41) is 0. The number of hydrogen-bond acceptors (Lipinski definition) is 4. The predicted octanol–water partition coefficient (Wildman–Crippen LogP) is 1.77. The van der Waals surface area contributed by atoms with Crippen molar-refractivity contribution < 1.29 is 17.9 Å². The van der Waals surface area contributed by atoms with Gasteiger partial charge in [-0.2, -0.15) is 17.4 Å². The third-order valence-corrected chi connectivity index (χ3v) is 4.74. The molecule has 0 fully saturated rings. The summed E-state index contributed by atoms with van der Waals surface area (Å²) in [6.07, 6.45) is 0. The minimum absolute atomic E-state index is 0.210. The van der Waals surface area contributed by atoms with Gasteiger partial charge in [0.2, 0.25) is 0 Å². The van der Waals surface area contributed by atoms with Gasteiger partial charge in [-0.3, -0.25) is 0 Å². The van der Waals surface area contributed by atoms with Gasteiger partial charge >= 0.3 is 0 Å². The molecular weight excluding hydrogens is 292 g/mol. The van der Waals surface area contributed by atoms with E-state index in [1.165, 1.54) is 4.31 Å². The molecule has 0 radical (unpaired) electrons. The molecule has 1 aromatic rings. The van der Waals surface area contributed by atoms with Gasteiger partial charge in [0.25, 0.3) is 10.2 Å². The van der Waals surface area contributed by atoms with Crippen molar-refractivity contribution in [1.29, 1.82) is 0 Å². The minimum Gasteiger partial charge on any atom is -0.493 e. The van der Waals surface area contributed by atoms with Gasteiger partial charge in [-0.25, -0.2) is 0 Å². The van der Waals surface area contributed by atoms with Crippen molar-refractivity contribution in [3.63, 3.8) is 0 Å². The summed E-state index contributed by atoms with van der Waals surface area (Å²) in [6, 6.07) is 5.37. The number of ether oxygens (including phenoxy) is 2. The van der Waals surface area contributed by atoms with E-state index < -0.39 is 10.2 Å². The Balaban J connectivity index is 2.80. The molecule has 6 nitrogen and oxygen atoms in total. The standard InChI is InChI=1S/C14H24N2O4S/c1-5-16(6-2)21(17,18)15-11-12-8-9-13(20-7-3)14(10-12)19-4/h8-10,15H,5-7,11H2,1-4H3. The van der Waals surface area contributed by atoms with Crippen LogP contribution in [0.1, 0.15) is 26.3 Å². The fraction of sp³-hybridized carbons (Fsp3) is 0.571. The smallest absolute Gasteiger partial charge is 0.279 e. The van der Waals surface area contributed by atoms with Crippen LogP contribution < -0.4 is 14.2 Å². The van der Waals surface area contributed by atoms with Gasteiger partial charge in [-0.1, -0.05) is 19.9 Å². The Morgan fingerprint density at radius 3 is 2.33 bits per heavy atom. The maximum absolute atomic E-state index is 12.0. The highest BCUT2D eigenvalue weighted by Gasteiger charge is 2.18. The van der Waals surface area contributed by atoms with Crippen LogP contribution in [0.5, 0.6) is 11.5 Å². The van der Waals surface area contributed by atoms with Crippen molar-refractivity contribution in [1.82, 2.24) is 9.03 Å². The van der Waals surface area contributed by atoms with E-state index in [-0.39, 0.29) is 6.54 Å². The highest BCUT2D eigenvalue weighted by atomic mass is 32.2. The van der Waals surface area contributed by atoms with Crippen LogP contribution in [0.15, 0.2) is 18.2 Å². The Labute approximate surface area is 127 Å². The molecule has 1 rings (SSSR count). The van der Waals surface area contributed by atoms with Gasteiger partial charge in [0.15, 0.2) is 11.5 Å². The Kier molecular flexibility index (Phi) is 6.94. The Hall–Kier alpha value is -1.31. The summed E-state index contributed by atoms with van der Waals surface area (Å²) in [7, 11) is -1.89. The van der Waals surface area contributed by atoms with Gasteiger partial charge in [0.1, 0.15) is 0 Å². The van der Waals surface area contributed by atoms with Crippen LogP contribution in [0.2, 0.25) is 0 Å². The molecule has 0 heterocycles. The van der Waals surface area contributed by atoms with Crippen LogP contribution in [0.25, 0.3) is 0 Å². The summed E-state index contributed by atoms with van der Waals surface area (Å²) >= 11 is 0. The van der Waals surface area contributed by atoms with Gasteiger partial charge in [0, 0.05) is 19.6 Å². The molecule has 0 saturated heterocycles. The Morgan fingerprint density at radius 2 is 1.81 bits per heavy atom. The molecule has 0 atom stereocenters. The van der Waals surface area contributed by atoms with Gasteiger partial charge < -0.3 is 9.47 Å². The molecule has 0 aliphatic carbocycles. The molecule has 0 spiro atoms. The highest BCUT2D eigenvalue weighted by molar-refractivity contribution is 7.87. The lowest BCUT2D eigenvalue weighted by atomic mass is 10.2. The second-order valence-corrected chi connectivity index (χ2v) is 6.08. The molecule has 0 unspecified atom stereocenters. The number of rotatable bonds is 9. The number of benzene rings is 1. The molecule has 0 aliphatic heterocycles. The monoisotopic (exact) mass is 316 g/mol. The quantitative estimate of drug-likeness (QED) is 0.754. The van der Waals surface area contributed by atoms with Crippen molar-refractivity contribution in [2.24, 2.45) is 0 Å². The first kappa shape index (κ1) is 17.7. The number of nitrogens with one attached hydrogen (secondary N) is 1. The molecule has 0 aromatic heterocycles. The molecular formula is C14H24N2O4S. The first-order valence-corrected chi connectivity index (χ1v) is 8.46. The lowest BCUT2D eigenvalue weighted by Gasteiger charge is -2.19. The maximum atomic E-state index is 12.0. The predicted molar refractivity (Wildman–Crippen MR) is 82.8 cm³/mol. The van der Waals surface area contributed by atoms with Gasteiger partial charge in [-0.15, -0.1) is 0 Å². The number of hydrogen-bond donors (Lipinski definition) is 1. The molecule has 1 aromatic carbocycles. The largest absolute Gasteiger partial charge is 0.493 e. The fourth-order valence-corrected chi connectivity index (χ4v) is 3.14. The highest BCUT2D eigenvalue weighted by Crippen LogP contribution is 2.28. The van der Waals surface area contributed by atoms with E-state index in [4.69, 9.17) is 9.47 Å². The average molecular weight is 316 g/mol. The van der Waals surface area contributed by atoms with Crippen LogP contribution in [-0.4, -0.2) is 39.5 Å². The van der Waals surface area contributed by atoms with Crippen molar-refractivity contribution in [2.45, 2.75) is 27.3 Å². The van der Waals surface area contributed by atoms with E-state index in [1.54, 1.807) is 19.2 Å². The van der Waals surface area contributed by atoms with Crippen LogP contribution in [0, 0.1) is 0 Å². The van der Waals surface area contributed by atoms with Crippen molar-refractivity contribution in [3.05, 3.63) is 23.8 Å². The fourth-order valence-electron chi connectivity index (χ4n) is 1.93. The molecule has 0 aliphatic rings. The van der Waals surface area contributed by atoms with Crippen molar-refractivity contribution >= 4 is 10.2 Å². The molecule has 0 saturated carbocycles. The second-order valence-electron chi connectivity index (χ2n) is 4.33. The topological polar surface area (TPSA) is 67.9 Å². The van der Waals surface area contributed by atoms with E-state index in [9.17, 15) is 8.42 Å². The molecule has 1 N–H and O–H groups in total. The first-order valence-electron chi connectivity index (χ1n) is 7.02. The van der Waals surface area contributed by atoms with Crippen molar-refractivity contribution in [2.75, 3.05) is 26.8 Å².